The molecule has 126 valence electrons. The van der Waals surface area contributed by atoms with Gasteiger partial charge in [-0.05, 0) is 23.1 Å². The Labute approximate surface area is 142 Å². The van der Waals surface area contributed by atoms with Crippen LogP contribution < -0.4 is 14.2 Å². The molecule has 0 fully saturated rings. The highest BCUT2D eigenvalue weighted by Crippen LogP contribution is 2.41. The average molecular weight is 326 g/mol. The zero-order valence-electron chi connectivity index (χ0n) is 14.7. The van der Waals surface area contributed by atoms with Crippen LogP contribution in [-0.2, 0) is 11.8 Å². The molecule has 0 atom stereocenters. The minimum atomic E-state index is 0.00997. The predicted octanol–water partition coefficient (Wildman–Crippen LogP) is 4.53. The van der Waals surface area contributed by atoms with Crippen molar-refractivity contribution in [3.63, 3.8) is 0 Å². The highest BCUT2D eigenvalue weighted by atomic mass is 16.5. The highest BCUT2D eigenvalue weighted by Gasteiger charge is 2.25. The van der Waals surface area contributed by atoms with Crippen LogP contribution in [0.2, 0.25) is 0 Å². The summed E-state index contributed by atoms with van der Waals surface area (Å²) in [5, 5.41) is 0. The molecule has 0 unspecified atom stereocenters. The van der Waals surface area contributed by atoms with Crippen molar-refractivity contribution < 1.29 is 19.0 Å². The van der Waals surface area contributed by atoms with Gasteiger partial charge in [0.2, 0.25) is 0 Å². The molecule has 2 aromatic carbocycles. The molecule has 0 bridgehead atoms. The van der Waals surface area contributed by atoms with Crippen LogP contribution in [-0.4, -0.2) is 20.0 Å². The minimum Gasteiger partial charge on any atom is -0.493 e. The molecule has 24 heavy (non-hydrogen) atoms. The van der Waals surface area contributed by atoms with E-state index in [4.69, 9.17) is 14.2 Å². The molecule has 0 saturated carbocycles. The van der Waals surface area contributed by atoms with Gasteiger partial charge < -0.3 is 14.2 Å². The molecular weight excluding hydrogens is 304 g/mol. The topological polar surface area (TPSA) is 44.8 Å². The maximum absolute atomic E-state index is 12.7. The van der Waals surface area contributed by atoms with Crippen LogP contribution >= 0.6 is 0 Å². The standard InChI is InChI=1S/C20H22O4/c1-20(2,3)13-6-7-16-12(8-13)9-15(21)14-10-18(22-4)19(23-5)11-17(14)24-16/h6-8,10-11H,9H2,1-5H3. The van der Waals surface area contributed by atoms with Gasteiger partial charge in [0, 0.05) is 18.1 Å². The summed E-state index contributed by atoms with van der Waals surface area (Å²) >= 11 is 0. The summed E-state index contributed by atoms with van der Waals surface area (Å²) in [5.74, 6) is 2.28. The van der Waals surface area contributed by atoms with Gasteiger partial charge in [-0.25, -0.2) is 0 Å². The molecule has 4 heteroatoms. The number of ketones is 1. The van der Waals surface area contributed by atoms with Crippen LogP contribution in [0.4, 0.5) is 0 Å². The Morgan fingerprint density at radius 2 is 1.62 bits per heavy atom. The summed E-state index contributed by atoms with van der Waals surface area (Å²) < 4.78 is 16.6. The van der Waals surface area contributed by atoms with Gasteiger partial charge in [0.05, 0.1) is 19.8 Å². The third kappa shape index (κ3) is 2.84. The second kappa shape index (κ2) is 5.86. The molecule has 4 nitrogen and oxygen atoms in total. The summed E-state index contributed by atoms with van der Waals surface area (Å²) in [6, 6.07) is 9.45. The third-order valence-corrected chi connectivity index (χ3v) is 4.28. The summed E-state index contributed by atoms with van der Waals surface area (Å²) in [6.45, 7) is 6.45. The molecule has 0 aromatic heterocycles. The van der Waals surface area contributed by atoms with Crippen LogP contribution in [0, 0.1) is 0 Å². The Hall–Kier alpha value is -2.49. The summed E-state index contributed by atoms with van der Waals surface area (Å²) in [5.41, 5.74) is 2.62. The zero-order valence-corrected chi connectivity index (χ0v) is 14.7. The van der Waals surface area contributed by atoms with Crippen molar-refractivity contribution in [3.05, 3.63) is 47.0 Å². The lowest BCUT2D eigenvalue weighted by Crippen LogP contribution is -2.12. The Balaban J connectivity index is 2.10. The molecule has 0 spiro atoms. The van der Waals surface area contributed by atoms with E-state index in [2.05, 4.69) is 32.9 Å². The van der Waals surface area contributed by atoms with Gasteiger partial charge in [-0.3, -0.25) is 4.79 Å². The Morgan fingerprint density at radius 3 is 2.25 bits per heavy atom. The molecule has 1 aliphatic rings. The van der Waals surface area contributed by atoms with Crippen LogP contribution in [0.25, 0.3) is 0 Å². The molecule has 1 heterocycles. The fraction of sp³-hybridized carbons (Fsp3) is 0.350. The van der Waals surface area contributed by atoms with Crippen LogP contribution in [0.15, 0.2) is 30.3 Å². The quantitative estimate of drug-likeness (QED) is 0.813. The molecule has 0 saturated heterocycles. The second-order valence-corrected chi connectivity index (χ2v) is 6.98. The molecule has 0 aliphatic carbocycles. The summed E-state index contributed by atoms with van der Waals surface area (Å²) in [4.78, 5) is 12.7. The van der Waals surface area contributed by atoms with Crippen molar-refractivity contribution >= 4 is 5.78 Å². The molecule has 3 rings (SSSR count). The lowest BCUT2D eigenvalue weighted by Gasteiger charge is -2.20. The molecule has 0 radical (unpaired) electrons. The second-order valence-electron chi connectivity index (χ2n) is 6.98. The van der Waals surface area contributed by atoms with E-state index < -0.39 is 0 Å². The average Bonchev–Trinajstić information content (AvgIpc) is 2.67. The van der Waals surface area contributed by atoms with Gasteiger partial charge in [0.25, 0.3) is 0 Å². The zero-order chi connectivity index (χ0) is 17.5. The number of hydrogen-bond acceptors (Lipinski definition) is 4. The molecular formula is C20H22O4. The third-order valence-electron chi connectivity index (χ3n) is 4.28. The first-order valence-corrected chi connectivity index (χ1v) is 7.94. The number of Topliss-reactive ketones (excluding diaryl/α,β-unsaturated/α-hetero) is 1. The molecule has 2 aromatic rings. The number of ether oxygens (including phenoxy) is 3. The Kier molecular flexibility index (Phi) is 3.99. The van der Waals surface area contributed by atoms with Crippen LogP contribution in [0.1, 0.15) is 42.3 Å². The van der Waals surface area contributed by atoms with Crippen LogP contribution in [0.5, 0.6) is 23.0 Å². The smallest absolute Gasteiger partial charge is 0.171 e. The van der Waals surface area contributed by atoms with Gasteiger partial charge in [-0.1, -0.05) is 32.9 Å². The van der Waals surface area contributed by atoms with E-state index in [-0.39, 0.29) is 11.2 Å². The van der Waals surface area contributed by atoms with E-state index in [0.717, 1.165) is 5.56 Å². The Bertz CT molecular complexity index is 800. The van der Waals surface area contributed by atoms with Crippen molar-refractivity contribution in [1.82, 2.24) is 0 Å². The lowest BCUT2D eigenvalue weighted by atomic mass is 9.85. The number of carbonyl (C=O) groups excluding carboxylic acids is 1. The predicted molar refractivity (Wildman–Crippen MR) is 92.8 cm³/mol. The fourth-order valence-corrected chi connectivity index (χ4v) is 2.83. The van der Waals surface area contributed by atoms with Crippen molar-refractivity contribution in [2.45, 2.75) is 32.6 Å². The van der Waals surface area contributed by atoms with E-state index in [1.807, 2.05) is 6.07 Å². The maximum Gasteiger partial charge on any atom is 0.171 e. The number of methoxy groups -OCH3 is 2. The summed E-state index contributed by atoms with van der Waals surface area (Å²) in [7, 11) is 3.11. The van der Waals surface area contributed by atoms with E-state index in [1.54, 1.807) is 26.4 Å². The minimum absolute atomic E-state index is 0.00997. The van der Waals surface area contributed by atoms with Crippen LogP contribution in [0.3, 0.4) is 0 Å². The summed E-state index contributed by atoms with van der Waals surface area (Å²) in [6.07, 6.45) is 0.307. The SMILES string of the molecule is COc1cc2c(cc1OC)C(=O)Cc1cc(C(C)(C)C)ccc1O2. The highest BCUT2D eigenvalue weighted by molar-refractivity contribution is 6.01. The van der Waals surface area contributed by atoms with Crippen molar-refractivity contribution in [1.29, 1.82) is 0 Å². The largest absolute Gasteiger partial charge is 0.493 e. The Morgan fingerprint density at radius 1 is 0.958 bits per heavy atom. The number of rotatable bonds is 2. The first-order chi connectivity index (χ1) is 11.3. The van der Waals surface area contributed by atoms with Gasteiger partial charge in [0.1, 0.15) is 11.5 Å². The number of hydrogen-bond donors (Lipinski definition) is 0. The van der Waals surface area contributed by atoms with Gasteiger partial charge in [-0.15, -0.1) is 0 Å². The van der Waals surface area contributed by atoms with Gasteiger partial charge in [0.15, 0.2) is 17.3 Å². The first-order valence-electron chi connectivity index (χ1n) is 7.94. The van der Waals surface area contributed by atoms with E-state index in [9.17, 15) is 4.79 Å². The van der Waals surface area contributed by atoms with Gasteiger partial charge >= 0.3 is 0 Å². The first kappa shape index (κ1) is 16.4. The van der Waals surface area contributed by atoms with Crippen molar-refractivity contribution in [3.8, 4) is 23.0 Å². The number of benzene rings is 2. The number of carbonyl (C=O) groups is 1. The fourth-order valence-electron chi connectivity index (χ4n) is 2.83. The van der Waals surface area contributed by atoms with Gasteiger partial charge in [-0.2, -0.15) is 0 Å². The molecule has 0 N–H and O–H groups in total. The molecule has 1 aliphatic heterocycles. The lowest BCUT2D eigenvalue weighted by molar-refractivity contribution is 0.0993. The monoisotopic (exact) mass is 326 g/mol. The van der Waals surface area contributed by atoms with E-state index >= 15 is 0 Å². The van der Waals surface area contributed by atoms with E-state index in [0.29, 0.717) is 35.0 Å². The normalized spacial score (nSPS) is 13.5. The van der Waals surface area contributed by atoms with E-state index in [1.165, 1.54) is 5.56 Å². The number of fused-ring (bicyclic) bond motifs is 2. The maximum atomic E-state index is 12.7. The molecule has 0 amide bonds. The van der Waals surface area contributed by atoms with Crippen molar-refractivity contribution in [2.75, 3.05) is 14.2 Å². The van der Waals surface area contributed by atoms with Crippen molar-refractivity contribution in [2.24, 2.45) is 0 Å².